The summed E-state index contributed by atoms with van der Waals surface area (Å²) in [5.41, 5.74) is 6.86. The Bertz CT molecular complexity index is 446. The Morgan fingerprint density at radius 1 is 1.56 bits per heavy atom. The fourth-order valence-electron chi connectivity index (χ4n) is 1.78. The lowest BCUT2D eigenvalue weighted by atomic mass is 10.1. The third-order valence-corrected chi connectivity index (χ3v) is 2.89. The summed E-state index contributed by atoms with van der Waals surface area (Å²) in [6.45, 7) is 0.875. The number of hydrogen-bond donors (Lipinski definition) is 1. The number of carbonyl (C=O) groups is 1. The maximum absolute atomic E-state index is 11.4. The molecule has 0 radical (unpaired) electrons. The molecule has 1 amide bonds. The van der Waals surface area contributed by atoms with Gasteiger partial charge in [-0.2, -0.15) is 0 Å². The van der Waals surface area contributed by atoms with Crippen LogP contribution >= 0.6 is 0 Å². The van der Waals surface area contributed by atoms with E-state index >= 15 is 0 Å². The van der Waals surface area contributed by atoms with Crippen LogP contribution < -0.4 is 15.2 Å². The van der Waals surface area contributed by atoms with Gasteiger partial charge in [0.25, 0.3) is 0 Å². The van der Waals surface area contributed by atoms with Gasteiger partial charge >= 0.3 is 0 Å². The molecule has 5 heteroatoms. The van der Waals surface area contributed by atoms with E-state index in [1.54, 1.807) is 19.0 Å². The lowest BCUT2D eigenvalue weighted by molar-refractivity contribution is -0.129. The van der Waals surface area contributed by atoms with Crippen molar-refractivity contribution in [3.63, 3.8) is 0 Å². The summed E-state index contributed by atoms with van der Waals surface area (Å²) in [5, 5.41) is 0. The Hall–Kier alpha value is -1.75. The van der Waals surface area contributed by atoms with Gasteiger partial charge in [-0.25, -0.2) is 0 Å². The molecule has 0 spiro atoms. The molecule has 98 valence electrons. The summed E-state index contributed by atoms with van der Waals surface area (Å²) in [5.74, 6) is 1.53. The van der Waals surface area contributed by atoms with Crippen molar-refractivity contribution in [1.82, 2.24) is 4.90 Å². The van der Waals surface area contributed by atoms with Crippen molar-refractivity contribution in [3.05, 3.63) is 23.8 Å². The van der Waals surface area contributed by atoms with E-state index in [0.29, 0.717) is 25.4 Å². The van der Waals surface area contributed by atoms with Crippen LogP contribution in [-0.2, 0) is 4.79 Å². The first-order valence-corrected chi connectivity index (χ1v) is 5.93. The van der Waals surface area contributed by atoms with Gasteiger partial charge in [0.15, 0.2) is 0 Å². The van der Waals surface area contributed by atoms with Crippen LogP contribution in [0.15, 0.2) is 18.2 Å². The van der Waals surface area contributed by atoms with Crippen LogP contribution in [0, 0.1) is 0 Å². The number of nitrogens with zero attached hydrogens (tertiary/aromatic N) is 1. The van der Waals surface area contributed by atoms with Crippen molar-refractivity contribution in [3.8, 4) is 11.5 Å². The van der Waals surface area contributed by atoms with E-state index < -0.39 is 0 Å². The molecule has 1 aromatic carbocycles. The molecule has 2 N–H and O–H groups in total. The van der Waals surface area contributed by atoms with Crippen molar-refractivity contribution in [2.24, 2.45) is 5.73 Å². The van der Waals surface area contributed by atoms with Gasteiger partial charge in [-0.05, 0) is 12.1 Å². The van der Waals surface area contributed by atoms with Crippen molar-refractivity contribution in [2.45, 2.75) is 12.5 Å². The number of ether oxygens (including phenoxy) is 2. The molecule has 0 saturated heterocycles. The van der Waals surface area contributed by atoms with E-state index in [-0.39, 0.29) is 11.9 Å². The minimum atomic E-state index is -0.0515. The molecule has 1 atom stereocenters. The smallest absolute Gasteiger partial charge is 0.225 e. The quantitative estimate of drug-likeness (QED) is 0.863. The molecule has 0 bridgehead atoms. The molecule has 1 aliphatic rings. The predicted molar refractivity (Wildman–Crippen MR) is 67.7 cm³/mol. The second-order valence-electron chi connectivity index (χ2n) is 4.50. The highest BCUT2D eigenvalue weighted by atomic mass is 16.5. The Morgan fingerprint density at radius 3 is 3.06 bits per heavy atom. The lowest BCUT2D eigenvalue weighted by Gasteiger charge is -2.11. The summed E-state index contributed by atoms with van der Waals surface area (Å²) < 4.78 is 11.0. The van der Waals surface area contributed by atoms with Gasteiger partial charge in [0.05, 0.1) is 19.1 Å². The van der Waals surface area contributed by atoms with Crippen LogP contribution in [0.4, 0.5) is 0 Å². The summed E-state index contributed by atoms with van der Waals surface area (Å²) in [6.07, 6.45) is 0.366. The van der Waals surface area contributed by atoms with Crippen LogP contribution in [0.5, 0.6) is 11.5 Å². The Morgan fingerprint density at radius 2 is 2.33 bits per heavy atom. The van der Waals surface area contributed by atoms with Crippen LogP contribution in [0.3, 0.4) is 0 Å². The predicted octanol–water partition coefficient (Wildman–Crippen LogP) is 0.936. The zero-order valence-corrected chi connectivity index (χ0v) is 10.7. The number of carbonyl (C=O) groups excluding carboxylic acids is 1. The second kappa shape index (κ2) is 5.27. The molecule has 0 aliphatic carbocycles. The van der Waals surface area contributed by atoms with Crippen molar-refractivity contribution >= 4 is 5.91 Å². The van der Waals surface area contributed by atoms with E-state index in [1.807, 2.05) is 18.2 Å². The first-order valence-electron chi connectivity index (χ1n) is 5.93. The average molecular weight is 250 g/mol. The third-order valence-electron chi connectivity index (χ3n) is 2.89. The van der Waals surface area contributed by atoms with Crippen molar-refractivity contribution < 1.29 is 14.3 Å². The number of rotatable bonds is 4. The lowest BCUT2D eigenvalue weighted by Crippen LogP contribution is -2.23. The summed E-state index contributed by atoms with van der Waals surface area (Å²) >= 11 is 0. The van der Waals surface area contributed by atoms with Crippen LogP contribution in [0.2, 0.25) is 0 Å². The van der Waals surface area contributed by atoms with Gasteiger partial charge in [0.2, 0.25) is 5.91 Å². The van der Waals surface area contributed by atoms with Gasteiger partial charge in [-0.1, -0.05) is 0 Å². The molecule has 0 fully saturated rings. The largest absolute Gasteiger partial charge is 0.493 e. The monoisotopic (exact) mass is 250 g/mol. The highest BCUT2D eigenvalue weighted by Gasteiger charge is 2.20. The minimum Gasteiger partial charge on any atom is -0.493 e. The molecular weight excluding hydrogens is 232 g/mol. The van der Waals surface area contributed by atoms with Crippen molar-refractivity contribution in [1.29, 1.82) is 0 Å². The van der Waals surface area contributed by atoms with E-state index in [2.05, 4.69) is 0 Å². The number of benzene rings is 1. The zero-order chi connectivity index (χ0) is 13.1. The first-order chi connectivity index (χ1) is 8.58. The van der Waals surface area contributed by atoms with Gasteiger partial charge in [0.1, 0.15) is 18.1 Å². The van der Waals surface area contributed by atoms with E-state index in [1.165, 1.54) is 0 Å². The van der Waals surface area contributed by atoms with Gasteiger partial charge in [0, 0.05) is 25.7 Å². The maximum Gasteiger partial charge on any atom is 0.225 e. The van der Waals surface area contributed by atoms with Crippen LogP contribution in [0.25, 0.3) is 0 Å². The highest BCUT2D eigenvalue weighted by molar-refractivity contribution is 5.75. The minimum absolute atomic E-state index is 0.0504. The van der Waals surface area contributed by atoms with Crippen molar-refractivity contribution in [2.75, 3.05) is 27.3 Å². The fraction of sp³-hybridized carbons (Fsp3) is 0.462. The number of nitrogens with two attached hydrogens (primary N) is 1. The summed E-state index contributed by atoms with van der Waals surface area (Å²) in [7, 11) is 3.46. The molecule has 18 heavy (non-hydrogen) atoms. The van der Waals surface area contributed by atoms with Gasteiger partial charge < -0.3 is 20.1 Å². The second-order valence-corrected chi connectivity index (χ2v) is 4.50. The van der Waals surface area contributed by atoms with Gasteiger partial charge in [-0.15, -0.1) is 0 Å². The highest BCUT2D eigenvalue weighted by Crippen LogP contribution is 2.33. The molecule has 1 heterocycles. The van der Waals surface area contributed by atoms with E-state index in [0.717, 1.165) is 11.3 Å². The normalized spacial score (nSPS) is 16.9. The topological polar surface area (TPSA) is 64.8 Å². The molecule has 1 unspecified atom stereocenters. The van der Waals surface area contributed by atoms with Gasteiger partial charge in [-0.3, -0.25) is 4.79 Å². The Labute approximate surface area is 106 Å². The molecule has 0 aromatic heterocycles. The SMILES string of the molecule is CN(C)C(=O)CCOc1ccc2c(c1)OCC2N. The number of fused-ring (bicyclic) bond motifs is 1. The Kier molecular flexibility index (Phi) is 3.72. The number of hydrogen-bond acceptors (Lipinski definition) is 4. The summed E-state index contributed by atoms with van der Waals surface area (Å²) in [6, 6.07) is 5.54. The standard InChI is InChI=1S/C13H18N2O3/c1-15(2)13(16)5-6-17-9-3-4-10-11(14)8-18-12(10)7-9/h3-4,7,11H,5-6,8,14H2,1-2H3. The van der Waals surface area contributed by atoms with E-state index in [9.17, 15) is 4.79 Å². The van der Waals surface area contributed by atoms with E-state index in [4.69, 9.17) is 15.2 Å². The van der Waals surface area contributed by atoms with Crippen LogP contribution in [-0.4, -0.2) is 38.1 Å². The van der Waals surface area contributed by atoms with Crippen LogP contribution in [0.1, 0.15) is 18.0 Å². The molecular formula is C13H18N2O3. The summed E-state index contributed by atoms with van der Waals surface area (Å²) in [4.78, 5) is 12.9. The number of amides is 1. The fourth-order valence-corrected chi connectivity index (χ4v) is 1.78. The molecule has 5 nitrogen and oxygen atoms in total. The molecule has 1 aliphatic heterocycles. The maximum atomic E-state index is 11.4. The zero-order valence-electron chi connectivity index (χ0n) is 10.7. The molecule has 2 rings (SSSR count). The molecule has 0 saturated carbocycles. The Balaban J connectivity index is 1.90. The average Bonchev–Trinajstić information content (AvgIpc) is 2.70. The molecule has 1 aromatic rings. The first kappa shape index (κ1) is 12.7. The third kappa shape index (κ3) is 2.73.